The fourth-order valence-corrected chi connectivity index (χ4v) is 5.40. The Labute approximate surface area is 219 Å². The second kappa shape index (κ2) is 12.5. The number of rotatable bonds is 6. The number of alkyl halides is 3. The van der Waals surface area contributed by atoms with Gasteiger partial charge in [-0.15, -0.1) is 0 Å². The highest BCUT2D eigenvalue weighted by Crippen LogP contribution is 2.31. The van der Waals surface area contributed by atoms with E-state index in [0.29, 0.717) is 17.8 Å². The molecule has 0 saturated carbocycles. The summed E-state index contributed by atoms with van der Waals surface area (Å²) in [6, 6.07) is 10.6. The van der Waals surface area contributed by atoms with Gasteiger partial charge in [0.15, 0.2) is 0 Å². The molecule has 1 aliphatic heterocycles. The molecule has 2 aromatic carbocycles. The monoisotopic (exact) mass is 556 g/mol. The standard InChI is InChI=1S/C23H30N4O3S.C2HF3O2/c1-2-25-23(28)19-8-10-22(27-13-11-24-12-14-27)21(16-19)26-31(29,30)20-9-7-17-5-3-4-6-18(17)15-20;3-2(4,5)1(6)7/h7-10,15-16,24,26H,2-6,11-14H2,1H3,(H,25,28);(H,6,7). The molecule has 0 atom stereocenters. The van der Waals surface area contributed by atoms with Crippen LogP contribution >= 0.6 is 0 Å². The van der Waals surface area contributed by atoms with Crippen LogP contribution in [0.4, 0.5) is 24.5 Å². The van der Waals surface area contributed by atoms with Crippen molar-refractivity contribution < 1.29 is 36.3 Å². The van der Waals surface area contributed by atoms with Gasteiger partial charge in [-0.05, 0) is 74.1 Å². The summed E-state index contributed by atoms with van der Waals surface area (Å²) in [5.41, 5.74) is 4.01. The van der Waals surface area contributed by atoms with Crippen molar-refractivity contribution in [3.05, 3.63) is 53.1 Å². The van der Waals surface area contributed by atoms with Crippen LogP contribution in [0.15, 0.2) is 41.3 Å². The van der Waals surface area contributed by atoms with E-state index in [9.17, 15) is 26.4 Å². The van der Waals surface area contributed by atoms with Gasteiger partial charge >= 0.3 is 12.1 Å². The molecule has 38 heavy (non-hydrogen) atoms. The zero-order chi connectivity index (χ0) is 27.9. The Morgan fingerprint density at radius 2 is 1.66 bits per heavy atom. The molecule has 0 unspecified atom stereocenters. The average molecular weight is 557 g/mol. The van der Waals surface area contributed by atoms with Crippen molar-refractivity contribution in [1.29, 1.82) is 0 Å². The van der Waals surface area contributed by atoms with Crippen molar-refractivity contribution in [2.24, 2.45) is 0 Å². The fourth-order valence-electron chi connectivity index (χ4n) is 4.28. The molecule has 0 bridgehead atoms. The summed E-state index contributed by atoms with van der Waals surface area (Å²) < 4.78 is 61.1. The third kappa shape index (κ3) is 7.60. The number of anilines is 2. The molecule has 0 spiro atoms. The normalized spacial score (nSPS) is 15.5. The highest BCUT2D eigenvalue weighted by molar-refractivity contribution is 7.92. The maximum absolute atomic E-state index is 13.3. The highest BCUT2D eigenvalue weighted by atomic mass is 32.2. The number of fused-ring (bicyclic) bond motifs is 1. The lowest BCUT2D eigenvalue weighted by atomic mass is 9.92. The zero-order valence-electron chi connectivity index (χ0n) is 20.9. The van der Waals surface area contributed by atoms with E-state index in [4.69, 9.17) is 9.90 Å². The number of hydrogen-bond donors (Lipinski definition) is 4. The van der Waals surface area contributed by atoms with Crippen molar-refractivity contribution in [2.75, 3.05) is 42.3 Å². The first-order valence-electron chi connectivity index (χ1n) is 12.2. The molecule has 4 rings (SSSR count). The molecule has 1 fully saturated rings. The number of halogens is 3. The SMILES string of the molecule is CCNC(=O)c1ccc(N2CCNCC2)c(NS(=O)(=O)c2ccc3c(c2)CCCC3)c1.O=C(O)C(F)(F)F. The quantitative estimate of drug-likeness (QED) is 0.430. The van der Waals surface area contributed by atoms with E-state index in [2.05, 4.69) is 20.3 Å². The minimum absolute atomic E-state index is 0.219. The van der Waals surface area contributed by atoms with E-state index in [-0.39, 0.29) is 10.8 Å². The predicted molar refractivity (Wildman–Crippen MR) is 137 cm³/mol. The number of aryl methyl sites for hydroxylation is 2. The molecule has 4 N–H and O–H groups in total. The highest BCUT2D eigenvalue weighted by Gasteiger charge is 2.38. The molecule has 9 nitrogen and oxygen atoms in total. The first kappa shape index (κ1) is 29.2. The fraction of sp³-hybridized carbons (Fsp3) is 0.440. The van der Waals surface area contributed by atoms with Gasteiger partial charge in [-0.1, -0.05) is 6.07 Å². The first-order valence-corrected chi connectivity index (χ1v) is 13.7. The molecule has 1 saturated heterocycles. The largest absolute Gasteiger partial charge is 0.490 e. The van der Waals surface area contributed by atoms with Crippen LogP contribution in [0.3, 0.4) is 0 Å². The van der Waals surface area contributed by atoms with Crippen molar-refractivity contribution >= 4 is 33.3 Å². The van der Waals surface area contributed by atoms with Crippen LogP contribution in [0, 0.1) is 0 Å². The van der Waals surface area contributed by atoms with Gasteiger partial charge in [-0.2, -0.15) is 13.2 Å². The summed E-state index contributed by atoms with van der Waals surface area (Å²) in [5.74, 6) is -2.98. The second-order valence-corrected chi connectivity index (χ2v) is 10.6. The van der Waals surface area contributed by atoms with Crippen LogP contribution in [0.2, 0.25) is 0 Å². The lowest BCUT2D eigenvalue weighted by molar-refractivity contribution is -0.192. The van der Waals surface area contributed by atoms with E-state index in [0.717, 1.165) is 63.1 Å². The summed E-state index contributed by atoms with van der Waals surface area (Å²) in [4.78, 5) is 23.7. The van der Waals surface area contributed by atoms with Crippen LogP contribution in [-0.2, 0) is 27.7 Å². The van der Waals surface area contributed by atoms with E-state index >= 15 is 0 Å². The summed E-state index contributed by atoms with van der Waals surface area (Å²) >= 11 is 0. The minimum atomic E-state index is -5.08. The molecule has 1 heterocycles. The number of amides is 1. The number of carboxylic acids is 1. The van der Waals surface area contributed by atoms with Gasteiger partial charge in [0, 0.05) is 38.3 Å². The molecule has 208 valence electrons. The van der Waals surface area contributed by atoms with Crippen LogP contribution in [0.25, 0.3) is 0 Å². The summed E-state index contributed by atoms with van der Waals surface area (Å²) in [6.07, 6.45) is -0.925. The second-order valence-electron chi connectivity index (χ2n) is 8.87. The Hall–Kier alpha value is -3.32. The number of nitrogens with zero attached hydrogens (tertiary/aromatic N) is 1. The molecule has 0 aromatic heterocycles. The number of sulfonamides is 1. The van der Waals surface area contributed by atoms with E-state index in [1.54, 1.807) is 24.3 Å². The predicted octanol–water partition coefficient (Wildman–Crippen LogP) is 3.16. The van der Waals surface area contributed by atoms with Crippen LogP contribution in [0.5, 0.6) is 0 Å². The van der Waals surface area contributed by atoms with Gasteiger partial charge in [0.25, 0.3) is 15.9 Å². The van der Waals surface area contributed by atoms with E-state index in [1.165, 1.54) is 5.56 Å². The maximum atomic E-state index is 13.3. The van der Waals surface area contributed by atoms with Gasteiger partial charge in [-0.3, -0.25) is 9.52 Å². The number of carboxylic acid groups (broad SMARTS) is 1. The Morgan fingerprint density at radius 1 is 1.03 bits per heavy atom. The van der Waals surface area contributed by atoms with Crippen LogP contribution in [0.1, 0.15) is 41.3 Å². The number of piperazine rings is 1. The van der Waals surface area contributed by atoms with E-state index in [1.807, 2.05) is 19.1 Å². The van der Waals surface area contributed by atoms with Gasteiger partial charge in [0.2, 0.25) is 0 Å². The van der Waals surface area contributed by atoms with Gasteiger partial charge < -0.3 is 20.6 Å². The topological polar surface area (TPSA) is 128 Å². The molecular formula is C25H31F3N4O5S. The molecule has 0 radical (unpaired) electrons. The number of aliphatic carboxylic acids is 1. The Balaban J connectivity index is 0.000000505. The summed E-state index contributed by atoms with van der Waals surface area (Å²) in [5, 5.41) is 13.2. The van der Waals surface area contributed by atoms with Gasteiger partial charge in [0.05, 0.1) is 16.3 Å². The molecule has 2 aromatic rings. The number of benzene rings is 2. The number of nitrogens with one attached hydrogen (secondary N) is 3. The van der Waals surface area contributed by atoms with Crippen LogP contribution < -0.4 is 20.3 Å². The average Bonchev–Trinajstić information content (AvgIpc) is 2.88. The van der Waals surface area contributed by atoms with Gasteiger partial charge in [0.1, 0.15) is 0 Å². The third-order valence-electron chi connectivity index (χ3n) is 6.17. The molecule has 1 amide bonds. The third-order valence-corrected chi connectivity index (χ3v) is 7.53. The lowest BCUT2D eigenvalue weighted by Crippen LogP contribution is -2.43. The Kier molecular flexibility index (Phi) is 9.60. The minimum Gasteiger partial charge on any atom is -0.475 e. The van der Waals surface area contributed by atoms with Crippen molar-refractivity contribution in [2.45, 2.75) is 43.7 Å². The van der Waals surface area contributed by atoms with Crippen molar-refractivity contribution in [3.63, 3.8) is 0 Å². The molecule has 2 aliphatic rings. The first-order chi connectivity index (χ1) is 17.9. The van der Waals surface area contributed by atoms with Crippen LogP contribution in [-0.4, -0.2) is 64.3 Å². The summed E-state index contributed by atoms with van der Waals surface area (Å²) in [6.45, 7) is 5.56. The zero-order valence-corrected chi connectivity index (χ0v) is 21.7. The molecular weight excluding hydrogens is 525 g/mol. The van der Waals surface area contributed by atoms with Crippen molar-refractivity contribution in [1.82, 2.24) is 10.6 Å². The lowest BCUT2D eigenvalue weighted by Gasteiger charge is -2.31. The smallest absolute Gasteiger partial charge is 0.475 e. The molecule has 13 heteroatoms. The number of carbonyl (C=O) groups excluding carboxylic acids is 1. The van der Waals surface area contributed by atoms with Gasteiger partial charge in [-0.25, -0.2) is 13.2 Å². The number of carbonyl (C=O) groups is 2. The Bertz CT molecular complexity index is 1260. The van der Waals surface area contributed by atoms with E-state index < -0.39 is 22.2 Å². The Morgan fingerprint density at radius 3 is 2.26 bits per heavy atom. The summed E-state index contributed by atoms with van der Waals surface area (Å²) in [7, 11) is -3.79. The van der Waals surface area contributed by atoms with Crippen molar-refractivity contribution in [3.8, 4) is 0 Å². The molecule has 1 aliphatic carbocycles. The number of hydrogen-bond acceptors (Lipinski definition) is 6. The maximum Gasteiger partial charge on any atom is 0.490 e.